The van der Waals surface area contributed by atoms with E-state index in [0.29, 0.717) is 6.61 Å². The molecule has 2 aliphatic heterocycles. The Morgan fingerprint density at radius 1 is 1.00 bits per heavy atom. The summed E-state index contributed by atoms with van der Waals surface area (Å²) in [6.07, 6.45) is -0.621. The summed E-state index contributed by atoms with van der Waals surface area (Å²) >= 11 is 0. The molecule has 2 aliphatic rings. The molecule has 2 heterocycles. The van der Waals surface area contributed by atoms with Gasteiger partial charge in [-0.2, -0.15) is 0 Å². The Hall–Kier alpha value is -0.200. The lowest BCUT2D eigenvalue weighted by Gasteiger charge is -2.47. The second-order valence-corrected chi connectivity index (χ2v) is 4.28. The van der Waals surface area contributed by atoms with Gasteiger partial charge in [-0.3, -0.25) is 0 Å². The van der Waals surface area contributed by atoms with Crippen molar-refractivity contribution < 1.29 is 23.7 Å². The van der Waals surface area contributed by atoms with E-state index >= 15 is 0 Å². The van der Waals surface area contributed by atoms with Crippen molar-refractivity contribution in [2.45, 2.75) is 50.7 Å². The molecular formula is C11H20O5. The third kappa shape index (κ3) is 2.10. The van der Waals surface area contributed by atoms with Crippen molar-refractivity contribution in [2.75, 3.05) is 20.8 Å². The van der Waals surface area contributed by atoms with E-state index in [1.54, 1.807) is 14.2 Å². The summed E-state index contributed by atoms with van der Waals surface area (Å²) in [6, 6.07) is 0. The van der Waals surface area contributed by atoms with Crippen molar-refractivity contribution in [2.24, 2.45) is 0 Å². The second kappa shape index (κ2) is 4.98. The van der Waals surface area contributed by atoms with Crippen LogP contribution in [0.2, 0.25) is 0 Å². The number of methoxy groups -OCH3 is 2. The summed E-state index contributed by atoms with van der Waals surface area (Å²) in [5, 5.41) is 0. The van der Waals surface area contributed by atoms with Gasteiger partial charge in [0.15, 0.2) is 6.29 Å². The molecule has 0 amide bonds. The monoisotopic (exact) mass is 232 g/mol. The van der Waals surface area contributed by atoms with Crippen molar-refractivity contribution >= 4 is 0 Å². The number of ether oxygens (including phenoxy) is 5. The van der Waals surface area contributed by atoms with Crippen LogP contribution in [0.25, 0.3) is 0 Å². The molecule has 0 aromatic heterocycles. The minimum absolute atomic E-state index is 0.0168. The Bertz CT molecular complexity index is 234. The molecule has 0 bridgehead atoms. The van der Waals surface area contributed by atoms with E-state index in [4.69, 9.17) is 23.7 Å². The average molecular weight is 232 g/mol. The van der Waals surface area contributed by atoms with Crippen molar-refractivity contribution in [1.82, 2.24) is 0 Å². The lowest BCUT2D eigenvalue weighted by Crippen LogP contribution is -2.62. The molecule has 0 aliphatic carbocycles. The zero-order valence-electron chi connectivity index (χ0n) is 10.2. The molecule has 0 N–H and O–H groups in total. The fourth-order valence-electron chi connectivity index (χ4n) is 2.48. The van der Waals surface area contributed by atoms with Crippen LogP contribution in [0.1, 0.15) is 13.8 Å². The highest BCUT2D eigenvalue weighted by Gasteiger charge is 2.48. The Morgan fingerprint density at radius 3 is 2.31 bits per heavy atom. The first-order valence-electron chi connectivity index (χ1n) is 5.65. The van der Waals surface area contributed by atoms with Crippen molar-refractivity contribution in [3.8, 4) is 0 Å². The summed E-state index contributed by atoms with van der Waals surface area (Å²) in [4.78, 5) is 0. The summed E-state index contributed by atoms with van der Waals surface area (Å²) < 4.78 is 27.9. The molecule has 0 spiro atoms. The van der Waals surface area contributed by atoms with E-state index in [0.717, 1.165) is 0 Å². The van der Waals surface area contributed by atoms with Crippen molar-refractivity contribution in [3.63, 3.8) is 0 Å². The standard InChI is InChI=1S/C11H20O5/c1-6-9(12-3)11(13-4)10-8(15-6)5-14-7(2)16-10/h6-11H,5H2,1-4H3. The summed E-state index contributed by atoms with van der Waals surface area (Å²) in [5.74, 6) is 0. The predicted octanol–water partition coefficient (Wildman–Crippen LogP) is 0.565. The highest BCUT2D eigenvalue weighted by atomic mass is 16.7. The van der Waals surface area contributed by atoms with Crippen LogP contribution in [0, 0.1) is 0 Å². The lowest BCUT2D eigenvalue weighted by molar-refractivity contribution is -0.323. The SMILES string of the molecule is COC1C(C)OC2COC(C)OC2C1OC. The fraction of sp³-hybridized carbons (Fsp3) is 1.00. The van der Waals surface area contributed by atoms with Crippen LogP contribution in [-0.2, 0) is 23.7 Å². The first kappa shape index (κ1) is 12.3. The van der Waals surface area contributed by atoms with E-state index < -0.39 is 0 Å². The summed E-state index contributed by atoms with van der Waals surface area (Å²) in [7, 11) is 3.34. The molecule has 6 atom stereocenters. The quantitative estimate of drug-likeness (QED) is 0.696. The van der Waals surface area contributed by atoms with E-state index in [1.165, 1.54) is 0 Å². The topological polar surface area (TPSA) is 46.2 Å². The van der Waals surface area contributed by atoms with Gasteiger partial charge in [0.25, 0.3) is 0 Å². The maximum Gasteiger partial charge on any atom is 0.155 e. The average Bonchev–Trinajstić information content (AvgIpc) is 2.28. The van der Waals surface area contributed by atoms with Gasteiger partial charge in [0, 0.05) is 14.2 Å². The van der Waals surface area contributed by atoms with Crippen molar-refractivity contribution in [1.29, 1.82) is 0 Å². The largest absolute Gasteiger partial charge is 0.376 e. The molecular weight excluding hydrogens is 212 g/mol. The zero-order valence-corrected chi connectivity index (χ0v) is 10.2. The highest BCUT2D eigenvalue weighted by molar-refractivity contribution is 4.94. The molecule has 2 fully saturated rings. The van der Waals surface area contributed by atoms with E-state index in [-0.39, 0.29) is 36.8 Å². The minimum atomic E-state index is -0.214. The highest BCUT2D eigenvalue weighted by Crippen LogP contribution is 2.30. The maximum atomic E-state index is 5.82. The fourth-order valence-corrected chi connectivity index (χ4v) is 2.48. The van der Waals surface area contributed by atoms with Crippen LogP contribution in [-0.4, -0.2) is 57.6 Å². The molecule has 0 radical (unpaired) electrons. The number of fused-ring (bicyclic) bond motifs is 1. The molecule has 2 saturated heterocycles. The van der Waals surface area contributed by atoms with Gasteiger partial charge in [-0.25, -0.2) is 0 Å². The van der Waals surface area contributed by atoms with Crippen LogP contribution < -0.4 is 0 Å². The van der Waals surface area contributed by atoms with Gasteiger partial charge in [0.1, 0.15) is 24.4 Å². The Morgan fingerprint density at radius 2 is 1.69 bits per heavy atom. The molecule has 6 unspecified atom stereocenters. The Kier molecular flexibility index (Phi) is 3.81. The Balaban J connectivity index is 2.13. The van der Waals surface area contributed by atoms with Crippen LogP contribution >= 0.6 is 0 Å². The maximum absolute atomic E-state index is 5.82. The Labute approximate surface area is 95.9 Å². The van der Waals surface area contributed by atoms with Gasteiger partial charge < -0.3 is 23.7 Å². The first-order valence-corrected chi connectivity index (χ1v) is 5.65. The zero-order chi connectivity index (χ0) is 11.7. The van der Waals surface area contributed by atoms with E-state index in [1.807, 2.05) is 13.8 Å². The normalized spacial score (nSPS) is 48.8. The second-order valence-electron chi connectivity index (χ2n) is 4.28. The smallest absolute Gasteiger partial charge is 0.155 e. The predicted molar refractivity (Wildman–Crippen MR) is 56.2 cm³/mol. The molecule has 0 saturated carbocycles. The van der Waals surface area contributed by atoms with Crippen LogP contribution in [0.3, 0.4) is 0 Å². The van der Waals surface area contributed by atoms with Crippen molar-refractivity contribution in [3.05, 3.63) is 0 Å². The van der Waals surface area contributed by atoms with Gasteiger partial charge in [-0.05, 0) is 13.8 Å². The molecule has 5 nitrogen and oxygen atoms in total. The van der Waals surface area contributed by atoms with Crippen LogP contribution in [0.15, 0.2) is 0 Å². The number of hydrogen-bond donors (Lipinski definition) is 0. The summed E-state index contributed by atoms with van der Waals surface area (Å²) in [6.45, 7) is 4.41. The van der Waals surface area contributed by atoms with E-state index in [2.05, 4.69) is 0 Å². The van der Waals surface area contributed by atoms with E-state index in [9.17, 15) is 0 Å². The van der Waals surface area contributed by atoms with Gasteiger partial charge in [-0.15, -0.1) is 0 Å². The number of hydrogen-bond acceptors (Lipinski definition) is 5. The van der Waals surface area contributed by atoms with Gasteiger partial charge in [-0.1, -0.05) is 0 Å². The molecule has 16 heavy (non-hydrogen) atoms. The molecule has 2 rings (SSSR count). The minimum Gasteiger partial charge on any atom is -0.376 e. The number of rotatable bonds is 2. The van der Waals surface area contributed by atoms with Gasteiger partial charge in [0.2, 0.25) is 0 Å². The van der Waals surface area contributed by atoms with Gasteiger partial charge >= 0.3 is 0 Å². The molecule has 0 aromatic carbocycles. The lowest BCUT2D eigenvalue weighted by atomic mass is 9.95. The molecule has 5 heteroatoms. The third-order valence-electron chi connectivity index (χ3n) is 3.25. The van der Waals surface area contributed by atoms with Crippen LogP contribution in [0.5, 0.6) is 0 Å². The molecule has 94 valence electrons. The van der Waals surface area contributed by atoms with Crippen LogP contribution in [0.4, 0.5) is 0 Å². The third-order valence-corrected chi connectivity index (χ3v) is 3.25. The molecule has 0 aromatic rings. The summed E-state index contributed by atoms with van der Waals surface area (Å²) in [5.41, 5.74) is 0. The van der Waals surface area contributed by atoms with Gasteiger partial charge in [0.05, 0.1) is 12.7 Å². The first-order chi connectivity index (χ1) is 7.67.